The Kier molecular flexibility index (Phi) is 7.44. The quantitative estimate of drug-likeness (QED) is 0.673. The number of pyridine rings is 1. The molecule has 2 amide bonds. The average Bonchev–Trinajstić information content (AvgIpc) is 3.36. The van der Waals surface area contributed by atoms with E-state index in [1.807, 2.05) is 17.0 Å². The van der Waals surface area contributed by atoms with Gasteiger partial charge in [0, 0.05) is 62.7 Å². The summed E-state index contributed by atoms with van der Waals surface area (Å²) in [6, 6.07) is 11.2. The Hall–Kier alpha value is -3.13. The molecular formula is C25H33N5O3. The number of carbonyl (C=O) groups excluding carboxylic acids is 2. The highest BCUT2D eigenvalue weighted by molar-refractivity contribution is 5.98. The summed E-state index contributed by atoms with van der Waals surface area (Å²) in [6.07, 6.45) is 3.94. The molecular weight excluding hydrogens is 418 g/mol. The monoisotopic (exact) mass is 451 g/mol. The standard InChI is InChI=1S/C25H33N5O3/c1-18(2)28-22-6-3-11-26-23(22)29-12-14-30(15-13-29)25(32)20-9-7-19(8-10-20)24(31)27-17-21-5-4-16-33-21/h3,6-11,18,21,28H,4-5,12-17H2,1-2H3,(H,27,31)/t21-/m1/s1. The second-order valence-electron chi connectivity index (χ2n) is 8.88. The van der Waals surface area contributed by atoms with Gasteiger partial charge in [0.2, 0.25) is 0 Å². The van der Waals surface area contributed by atoms with E-state index >= 15 is 0 Å². The van der Waals surface area contributed by atoms with E-state index < -0.39 is 0 Å². The number of carbonyl (C=O) groups is 2. The van der Waals surface area contributed by atoms with Crippen LogP contribution in [-0.4, -0.2) is 73.2 Å². The lowest BCUT2D eigenvalue weighted by molar-refractivity contribution is 0.0746. The molecule has 0 radical (unpaired) electrons. The normalized spacial score (nSPS) is 18.5. The van der Waals surface area contributed by atoms with E-state index in [1.165, 1.54) is 0 Å². The summed E-state index contributed by atoms with van der Waals surface area (Å²) >= 11 is 0. The molecule has 0 spiro atoms. The minimum atomic E-state index is -0.140. The molecule has 2 fully saturated rings. The number of rotatable bonds is 7. The van der Waals surface area contributed by atoms with Gasteiger partial charge in [0.15, 0.2) is 5.82 Å². The number of amides is 2. The van der Waals surface area contributed by atoms with Crippen molar-refractivity contribution in [3.63, 3.8) is 0 Å². The maximum absolute atomic E-state index is 13.0. The third-order valence-corrected chi connectivity index (χ3v) is 6.01. The van der Waals surface area contributed by atoms with Gasteiger partial charge in [0.05, 0.1) is 11.8 Å². The molecule has 4 rings (SSSR count). The van der Waals surface area contributed by atoms with Crippen LogP contribution in [-0.2, 0) is 4.74 Å². The van der Waals surface area contributed by atoms with Gasteiger partial charge in [-0.05, 0) is 63.1 Å². The molecule has 8 heteroatoms. The van der Waals surface area contributed by atoms with Crippen LogP contribution >= 0.6 is 0 Å². The van der Waals surface area contributed by atoms with Crippen LogP contribution in [0.3, 0.4) is 0 Å². The predicted octanol–water partition coefficient (Wildman–Crippen LogP) is 2.77. The van der Waals surface area contributed by atoms with Gasteiger partial charge in [0.1, 0.15) is 0 Å². The molecule has 1 atom stereocenters. The van der Waals surface area contributed by atoms with Gasteiger partial charge in [-0.1, -0.05) is 0 Å². The van der Waals surface area contributed by atoms with Crippen molar-refractivity contribution in [2.24, 2.45) is 0 Å². The van der Waals surface area contributed by atoms with Gasteiger partial charge in [0.25, 0.3) is 11.8 Å². The molecule has 0 aliphatic carbocycles. The smallest absolute Gasteiger partial charge is 0.253 e. The zero-order valence-corrected chi connectivity index (χ0v) is 19.4. The summed E-state index contributed by atoms with van der Waals surface area (Å²) in [6.45, 7) is 8.19. The van der Waals surface area contributed by atoms with Gasteiger partial charge in [-0.2, -0.15) is 0 Å². The molecule has 2 aliphatic heterocycles. The fourth-order valence-corrected chi connectivity index (χ4v) is 4.25. The van der Waals surface area contributed by atoms with E-state index in [1.54, 1.807) is 30.5 Å². The molecule has 0 bridgehead atoms. The first kappa shape index (κ1) is 23.0. The molecule has 2 saturated heterocycles. The van der Waals surface area contributed by atoms with Gasteiger partial charge >= 0.3 is 0 Å². The zero-order chi connectivity index (χ0) is 23.2. The average molecular weight is 452 g/mol. The van der Waals surface area contributed by atoms with Crippen molar-refractivity contribution < 1.29 is 14.3 Å². The van der Waals surface area contributed by atoms with Crippen LogP contribution in [0.5, 0.6) is 0 Å². The minimum Gasteiger partial charge on any atom is -0.380 e. The van der Waals surface area contributed by atoms with E-state index in [0.29, 0.717) is 36.8 Å². The summed E-state index contributed by atoms with van der Waals surface area (Å²) in [5.74, 6) is 0.776. The molecule has 176 valence electrons. The Bertz CT molecular complexity index is 949. The fraction of sp³-hybridized carbons (Fsp3) is 0.480. The van der Waals surface area contributed by atoms with Crippen molar-refractivity contribution >= 4 is 23.3 Å². The van der Waals surface area contributed by atoms with Crippen LogP contribution in [0.25, 0.3) is 0 Å². The summed E-state index contributed by atoms with van der Waals surface area (Å²) in [7, 11) is 0. The van der Waals surface area contributed by atoms with Gasteiger partial charge in [-0.3, -0.25) is 9.59 Å². The van der Waals surface area contributed by atoms with E-state index in [4.69, 9.17) is 4.74 Å². The van der Waals surface area contributed by atoms with Crippen molar-refractivity contribution in [1.29, 1.82) is 0 Å². The zero-order valence-electron chi connectivity index (χ0n) is 19.4. The highest BCUT2D eigenvalue weighted by Crippen LogP contribution is 2.25. The molecule has 0 saturated carbocycles. The SMILES string of the molecule is CC(C)Nc1cccnc1N1CCN(C(=O)c2ccc(C(=O)NC[C@H]3CCCO3)cc2)CC1. The first-order valence-electron chi connectivity index (χ1n) is 11.8. The molecule has 0 unspecified atom stereocenters. The number of ether oxygens (including phenoxy) is 1. The summed E-state index contributed by atoms with van der Waals surface area (Å²) in [5.41, 5.74) is 2.16. The fourth-order valence-electron chi connectivity index (χ4n) is 4.25. The maximum atomic E-state index is 13.0. The largest absolute Gasteiger partial charge is 0.380 e. The van der Waals surface area contributed by atoms with Crippen molar-refractivity contribution in [2.75, 3.05) is 49.5 Å². The number of aromatic nitrogens is 1. The number of nitrogens with zero attached hydrogens (tertiary/aromatic N) is 3. The number of hydrogen-bond acceptors (Lipinski definition) is 6. The highest BCUT2D eigenvalue weighted by atomic mass is 16.5. The van der Waals surface area contributed by atoms with E-state index in [-0.39, 0.29) is 17.9 Å². The molecule has 33 heavy (non-hydrogen) atoms. The topological polar surface area (TPSA) is 86.8 Å². The molecule has 3 heterocycles. The van der Waals surface area contributed by atoms with Crippen LogP contribution in [0.15, 0.2) is 42.6 Å². The van der Waals surface area contributed by atoms with E-state index in [0.717, 1.165) is 44.0 Å². The van der Waals surface area contributed by atoms with Crippen LogP contribution in [0, 0.1) is 0 Å². The summed E-state index contributed by atoms with van der Waals surface area (Å²) in [4.78, 5) is 34.0. The first-order chi connectivity index (χ1) is 16.0. The van der Waals surface area contributed by atoms with Gasteiger partial charge < -0.3 is 25.2 Å². The third kappa shape index (κ3) is 5.82. The lowest BCUT2D eigenvalue weighted by Crippen LogP contribution is -2.49. The number of hydrogen-bond donors (Lipinski definition) is 2. The highest BCUT2D eigenvalue weighted by Gasteiger charge is 2.24. The molecule has 2 aromatic rings. The molecule has 2 aliphatic rings. The number of piperazine rings is 1. The lowest BCUT2D eigenvalue weighted by atomic mass is 10.1. The number of benzene rings is 1. The van der Waals surface area contributed by atoms with Crippen molar-refractivity contribution in [1.82, 2.24) is 15.2 Å². The van der Waals surface area contributed by atoms with Crippen LogP contribution in [0.4, 0.5) is 11.5 Å². The van der Waals surface area contributed by atoms with Crippen molar-refractivity contribution in [2.45, 2.75) is 38.8 Å². The summed E-state index contributed by atoms with van der Waals surface area (Å²) in [5, 5.41) is 6.36. The Labute approximate surface area is 195 Å². The van der Waals surface area contributed by atoms with E-state index in [2.05, 4.69) is 34.4 Å². The molecule has 8 nitrogen and oxygen atoms in total. The first-order valence-corrected chi connectivity index (χ1v) is 11.8. The third-order valence-electron chi connectivity index (χ3n) is 6.01. The minimum absolute atomic E-state index is 0.0116. The van der Waals surface area contributed by atoms with Crippen molar-refractivity contribution in [3.8, 4) is 0 Å². The number of nitrogens with one attached hydrogen (secondary N) is 2. The second kappa shape index (κ2) is 10.7. The maximum Gasteiger partial charge on any atom is 0.253 e. The molecule has 1 aromatic heterocycles. The Morgan fingerprint density at radius 3 is 2.48 bits per heavy atom. The van der Waals surface area contributed by atoms with Gasteiger partial charge in [-0.25, -0.2) is 4.98 Å². The Morgan fingerprint density at radius 2 is 1.82 bits per heavy atom. The van der Waals surface area contributed by atoms with Crippen LogP contribution < -0.4 is 15.5 Å². The molecule has 2 N–H and O–H groups in total. The van der Waals surface area contributed by atoms with Crippen LogP contribution in [0.2, 0.25) is 0 Å². The number of anilines is 2. The van der Waals surface area contributed by atoms with Crippen molar-refractivity contribution in [3.05, 3.63) is 53.7 Å². The lowest BCUT2D eigenvalue weighted by Gasteiger charge is -2.36. The predicted molar refractivity (Wildman–Crippen MR) is 129 cm³/mol. The summed E-state index contributed by atoms with van der Waals surface area (Å²) < 4.78 is 5.54. The Morgan fingerprint density at radius 1 is 1.09 bits per heavy atom. The molecule has 1 aromatic carbocycles. The van der Waals surface area contributed by atoms with Crippen LogP contribution in [0.1, 0.15) is 47.4 Å². The van der Waals surface area contributed by atoms with Gasteiger partial charge in [-0.15, -0.1) is 0 Å². The van der Waals surface area contributed by atoms with E-state index in [9.17, 15) is 9.59 Å². The second-order valence-corrected chi connectivity index (χ2v) is 8.88. The Balaban J connectivity index is 1.31.